The van der Waals surface area contributed by atoms with E-state index in [0.29, 0.717) is 5.56 Å². The second kappa shape index (κ2) is 6.12. The summed E-state index contributed by atoms with van der Waals surface area (Å²) >= 11 is 0. The Morgan fingerprint density at radius 3 is 2.59 bits per heavy atom. The van der Waals surface area contributed by atoms with Crippen molar-refractivity contribution in [3.05, 3.63) is 58.0 Å². The number of anilines is 1. The zero-order chi connectivity index (χ0) is 16.3. The van der Waals surface area contributed by atoms with Gasteiger partial charge in [-0.15, -0.1) is 0 Å². The van der Waals surface area contributed by atoms with Crippen LogP contribution in [0.25, 0.3) is 0 Å². The van der Waals surface area contributed by atoms with Crippen LogP contribution in [0, 0.1) is 6.92 Å². The average Bonchev–Trinajstić information content (AvgIpc) is 2.49. The van der Waals surface area contributed by atoms with Gasteiger partial charge in [-0.1, -0.05) is 6.07 Å². The van der Waals surface area contributed by atoms with E-state index in [2.05, 4.69) is 15.0 Å². The molecule has 116 valence electrons. The van der Waals surface area contributed by atoms with Gasteiger partial charge in [-0.3, -0.25) is 9.59 Å². The summed E-state index contributed by atoms with van der Waals surface area (Å²) < 4.78 is 26.0. The van der Waals surface area contributed by atoms with Crippen molar-refractivity contribution in [2.75, 3.05) is 12.4 Å². The van der Waals surface area contributed by atoms with Gasteiger partial charge in [-0.2, -0.15) is 0 Å². The summed E-state index contributed by atoms with van der Waals surface area (Å²) in [4.78, 5) is 26.1. The molecule has 2 rings (SSSR count). The van der Waals surface area contributed by atoms with E-state index in [0.717, 1.165) is 0 Å². The van der Waals surface area contributed by atoms with Crippen LogP contribution in [0.5, 0.6) is 0 Å². The standard InChI is InChI=1S/C14H15N3O4S/c1-9-5-6-10(8-12(9)22(20,21)15-2)17-14(19)11-4-3-7-16-13(11)18/h3-8,15H,1-2H3,(H,16,18)(H,17,19). The van der Waals surface area contributed by atoms with Crippen molar-refractivity contribution in [2.45, 2.75) is 11.8 Å². The van der Waals surface area contributed by atoms with Crippen molar-refractivity contribution < 1.29 is 13.2 Å². The molecule has 0 bridgehead atoms. The quantitative estimate of drug-likeness (QED) is 0.775. The van der Waals surface area contributed by atoms with Gasteiger partial charge in [0.15, 0.2) is 0 Å². The molecule has 0 unspecified atom stereocenters. The highest BCUT2D eigenvalue weighted by molar-refractivity contribution is 7.89. The lowest BCUT2D eigenvalue weighted by atomic mass is 10.2. The molecule has 0 atom stereocenters. The lowest BCUT2D eigenvalue weighted by Crippen LogP contribution is -2.23. The smallest absolute Gasteiger partial charge is 0.261 e. The fraction of sp³-hybridized carbons (Fsp3) is 0.143. The molecule has 1 aromatic heterocycles. The first-order valence-electron chi connectivity index (χ1n) is 6.38. The highest BCUT2D eigenvalue weighted by atomic mass is 32.2. The number of sulfonamides is 1. The number of nitrogens with one attached hydrogen (secondary N) is 3. The van der Waals surface area contributed by atoms with Gasteiger partial charge < -0.3 is 10.3 Å². The maximum absolute atomic E-state index is 12.1. The Balaban J connectivity index is 2.36. The Morgan fingerprint density at radius 2 is 1.95 bits per heavy atom. The van der Waals surface area contributed by atoms with Crippen LogP contribution >= 0.6 is 0 Å². The summed E-state index contributed by atoms with van der Waals surface area (Å²) in [5.41, 5.74) is 0.258. The molecular formula is C14H15N3O4S. The summed E-state index contributed by atoms with van der Waals surface area (Å²) in [6.45, 7) is 1.65. The van der Waals surface area contributed by atoms with Crippen LogP contribution in [0.15, 0.2) is 46.2 Å². The van der Waals surface area contributed by atoms with Gasteiger partial charge >= 0.3 is 0 Å². The van der Waals surface area contributed by atoms with Crippen LogP contribution in [-0.2, 0) is 10.0 Å². The largest absolute Gasteiger partial charge is 0.328 e. The molecule has 1 heterocycles. The molecule has 0 saturated heterocycles. The molecule has 22 heavy (non-hydrogen) atoms. The number of hydrogen-bond acceptors (Lipinski definition) is 4. The average molecular weight is 321 g/mol. The third-order valence-electron chi connectivity index (χ3n) is 3.07. The van der Waals surface area contributed by atoms with E-state index in [4.69, 9.17) is 0 Å². The van der Waals surface area contributed by atoms with Crippen molar-refractivity contribution in [1.29, 1.82) is 0 Å². The molecule has 0 fully saturated rings. The first-order chi connectivity index (χ1) is 10.3. The molecule has 2 aromatic rings. The first-order valence-corrected chi connectivity index (χ1v) is 7.87. The summed E-state index contributed by atoms with van der Waals surface area (Å²) in [6.07, 6.45) is 1.42. The summed E-state index contributed by atoms with van der Waals surface area (Å²) in [6, 6.07) is 7.40. The lowest BCUT2D eigenvalue weighted by molar-refractivity contribution is 0.102. The van der Waals surface area contributed by atoms with E-state index < -0.39 is 21.5 Å². The molecule has 0 radical (unpaired) electrons. The first kappa shape index (κ1) is 15.9. The molecule has 0 saturated carbocycles. The molecule has 0 spiro atoms. The van der Waals surface area contributed by atoms with Crippen LogP contribution < -0.4 is 15.6 Å². The number of hydrogen-bond donors (Lipinski definition) is 3. The second-order valence-electron chi connectivity index (χ2n) is 4.55. The van der Waals surface area contributed by atoms with Crippen molar-refractivity contribution >= 4 is 21.6 Å². The van der Waals surface area contributed by atoms with E-state index in [-0.39, 0.29) is 16.1 Å². The SMILES string of the molecule is CNS(=O)(=O)c1cc(NC(=O)c2ccc[nH]c2=O)ccc1C. The van der Waals surface area contributed by atoms with Crippen LogP contribution in [0.2, 0.25) is 0 Å². The fourth-order valence-electron chi connectivity index (χ4n) is 1.88. The number of benzene rings is 1. The van der Waals surface area contributed by atoms with Crippen LogP contribution in [0.4, 0.5) is 5.69 Å². The van der Waals surface area contributed by atoms with Gasteiger partial charge in [0, 0.05) is 11.9 Å². The highest BCUT2D eigenvalue weighted by Gasteiger charge is 2.16. The number of aryl methyl sites for hydroxylation is 1. The minimum atomic E-state index is -3.63. The molecule has 8 heteroatoms. The number of aromatic amines is 1. The van der Waals surface area contributed by atoms with Gasteiger partial charge in [0.1, 0.15) is 5.56 Å². The summed E-state index contributed by atoms with van der Waals surface area (Å²) in [7, 11) is -2.32. The molecule has 7 nitrogen and oxygen atoms in total. The lowest BCUT2D eigenvalue weighted by Gasteiger charge is -2.10. The van der Waals surface area contributed by atoms with Gasteiger partial charge in [0.25, 0.3) is 11.5 Å². The minimum absolute atomic E-state index is 0.0545. The van der Waals surface area contributed by atoms with E-state index in [1.54, 1.807) is 19.1 Å². The molecule has 0 aliphatic carbocycles. The normalized spacial score (nSPS) is 11.2. The Hall–Kier alpha value is -2.45. The Morgan fingerprint density at radius 1 is 1.23 bits per heavy atom. The number of rotatable bonds is 4. The summed E-state index contributed by atoms with van der Waals surface area (Å²) in [5, 5.41) is 2.51. The zero-order valence-corrected chi connectivity index (χ0v) is 12.8. The molecular weight excluding hydrogens is 306 g/mol. The van der Waals surface area contributed by atoms with E-state index in [1.807, 2.05) is 0 Å². The van der Waals surface area contributed by atoms with Crippen molar-refractivity contribution in [3.8, 4) is 0 Å². The topological polar surface area (TPSA) is 108 Å². The van der Waals surface area contributed by atoms with E-state index in [9.17, 15) is 18.0 Å². The third-order valence-corrected chi connectivity index (χ3v) is 4.62. The van der Waals surface area contributed by atoms with Crippen molar-refractivity contribution in [2.24, 2.45) is 0 Å². The predicted molar refractivity (Wildman–Crippen MR) is 82.4 cm³/mol. The molecule has 3 N–H and O–H groups in total. The van der Waals surface area contributed by atoms with Gasteiger partial charge in [-0.05, 0) is 43.8 Å². The Bertz CT molecular complexity index is 872. The molecule has 1 amide bonds. The van der Waals surface area contributed by atoms with Crippen molar-refractivity contribution in [1.82, 2.24) is 9.71 Å². The summed E-state index contributed by atoms with van der Waals surface area (Å²) in [5.74, 6) is -0.612. The van der Waals surface area contributed by atoms with Crippen molar-refractivity contribution in [3.63, 3.8) is 0 Å². The molecule has 1 aromatic carbocycles. The second-order valence-corrected chi connectivity index (χ2v) is 6.41. The maximum Gasteiger partial charge on any atom is 0.261 e. The number of carbonyl (C=O) groups is 1. The van der Waals surface area contributed by atoms with Crippen LogP contribution in [-0.4, -0.2) is 26.4 Å². The maximum atomic E-state index is 12.1. The minimum Gasteiger partial charge on any atom is -0.328 e. The third kappa shape index (κ3) is 3.23. The predicted octanol–water partition coefficient (Wildman–Crippen LogP) is 0.844. The zero-order valence-electron chi connectivity index (χ0n) is 12.0. The highest BCUT2D eigenvalue weighted by Crippen LogP contribution is 2.20. The Kier molecular flexibility index (Phi) is 4.43. The van der Waals surface area contributed by atoms with Crippen LogP contribution in [0.3, 0.4) is 0 Å². The van der Waals surface area contributed by atoms with E-state index >= 15 is 0 Å². The number of aromatic nitrogens is 1. The molecule has 0 aliphatic rings. The number of carbonyl (C=O) groups excluding carboxylic acids is 1. The monoisotopic (exact) mass is 321 g/mol. The van der Waals surface area contributed by atoms with Gasteiger partial charge in [0.05, 0.1) is 4.90 Å². The number of H-pyrrole nitrogens is 1. The van der Waals surface area contributed by atoms with Gasteiger partial charge in [-0.25, -0.2) is 13.1 Å². The molecule has 0 aliphatic heterocycles. The Labute approximate surface area is 127 Å². The van der Waals surface area contributed by atoms with Gasteiger partial charge in [0.2, 0.25) is 10.0 Å². The fourth-order valence-corrected chi connectivity index (χ4v) is 2.87. The number of amides is 1. The number of pyridine rings is 1. The van der Waals surface area contributed by atoms with E-state index in [1.165, 1.54) is 31.4 Å². The van der Waals surface area contributed by atoms with Crippen LogP contribution in [0.1, 0.15) is 15.9 Å².